The van der Waals surface area contributed by atoms with Crippen molar-refractivity contribution in [3.63, 3.8) is 0 Å². The van der Waals surface area contributed by atoms with Crippen LogP contribution in [0.5, 0.6) is 17.2 Å². The summed E-state index contributed by atoms with van der Waals surface area (Å²) in [6, 6.07) is 3.07. The molecule has 68 valence electrons. The van der Waals surface area contributed by atoms with Crippen molar-refractivity contribution in [2.45, 2.75) is 0 Å². The summed E-state index contributed by atoms with van der Waals surface area (Å²) in [4.78, 5) is 0. The molecule has 0 atom stereocenters. The molecule has 1 aromatic carbocycles. The van der Waals surface area contributed by atoms with E-state index in [1.807, 2.05) is 0 Å². The van der Waals surface area contributed by atoms with Gasteiger partial charge in [-0.05, 0) is 12.1 Å². The molecule has 1 aromatic rings. The summed E-state index contributed by atoms with van der Waals surface area (Å²) in [6.45, 7) is 0. The third-order valence-electron chi connectivity index (χ3n) is 1.63. The third-order valence-corrected chi connectivity index (χ3v) is 1.63. The van der Waals surface area contributed by atoms with Gasteiger partial charge in [-0.3, -0.25) is 0 Å². The summed E-state index contributed by atoms with van der Waals surface area (Å²) in [5.41, 5.74) is 0.551. The van der Waals surface area contributed by atoms with E-state index in [-0.39, 0.29) is 5.75 Å². The van der Waals surface area contributed by atoms with Crippen molar-refractivity contribution in [3.8, 4) is 29.6 Å². The van der Waals surface area contributed by atoms with Crippen LogP contribution >= 0.6 is 0 Å². The van der Waals surface area contributed by atoms with Gasteiger partial charge < -0.3 is 14.6 Å². The van der Waals surface area contributed by atoms with Crippen LogP contribution in [0.15, 0.2) is 12.1 Å². The van der Waals surface area contributed by atoms with Crippen molar-refractivity contribution in [2.24, 2.45) is 0 Å². The van der Waals surface area contributed by atoms with Crippen LogP contribution < -0.4 is 9.47 Å². The molecule has 0 saturated carbocycles. The van der Waals surface area contributed by atoms with Gasteiger partial charge in [0.2, 0.25) is 5.75 Å². The zero-order valence-electron chi connectivity index (χ0n) is 7.50. The number of hydrogen-bond acceptors (Lipinski definition) is 3. The van der Waals surface area contributed by atoms with E-state index in [0.29, 0.717) is 17.1 Å². The lowest BCUT2D eigenvalue weighted by molar-refractivity contribution is 0.333. The van der Waals surface area contributed by atoms with Crippen LogP contribution in [0.3, 0.4) is 0 Å². The molecule has 3 nitrogen and oxygen atoms in total. The second-order valence-electron chi connectivity index (χ2n) is 2.38. The Balaban J connectivity index is 3.31. The predicted molar refractivity (Wildman–Crippen MR) is 49.1 cm³/mol. The van der Waals surface area contributed by atoms with Gasteiger partial charge in [-0.2, -0.15) is 0 Å². The average molecular weight is 178 g/mol. The van der Waals surface area contributed by atoms with Crippen LogP contribution in [0.4, 0.5) is 0 Å². The van der Waals surface area contributed by atoms with E-state index in [9.17, 15) is 5.11 Å². The zero-order valence-corrected chi connectivity index (χ0v) is 7.50. The first-order valence-corrected chi connectivity index (χ1v) is 3.64. The van der Waals surface area contributed by atoms with E-state index in [0.717, 1.165) is 0 Å². The number of hydrogen-bond donors (Lipinski definition) is 1. The smallest absolute Gasteiger partial charge is 0.203 e. The highest BCUT2D eigenvalue weighted by Crippen LogP contribution is 2.36. The van der Waals surface area contributed by atoms with E-state index in [4.69, 9.17) is 15.9 Å². The largest absolute Gasteiger partial charge is 0.504 e. The molecule has 0 fully saturated rings. The van der Waals surface area contributed by atoms with Gasteiger partial charge in [0.25, 0.3) is 0 Å². The maximum atomic E-state index is 9.43. The molecule has 0 aliphatic carbocycles. The molecule has 1 N–H and O–H groups in total. The number of phenols is 1. The van der Waals surface area contributed by atoms with Gasteiger partial charge in [-0.25, -0.2) is 0 Å². The van der Waals surface area contributed by atoms with Crippen LogP contribution in [0, 0.1) is 12.3 Å². The van der Waals surface area contributed by atoms with Crippen LogP contribution in [-0.4, -0.2) is 19.3 Å². The number of phenolic OH excluding ortho intramolecular Hbond substituents is 1. The number of methoxy groups -OCH3 is 2. The molecule has 13 heavy (non-hydrogen) atoms. The fourth-order valence-corrected chi connectivity index (χ4v) is 1.03. The Hall–Kier alpha value is -1.82. The Kier molecular flexibility index (Phi) is 2.65. The Labute approximate surface area is 76.9 Å². The number of rotatable bonds is 2. The highest BCUT2D eigenvalue weighted by atomic mass is 16.5. The van der Waals surface area contributed by atoms with Gasteiger partial charge >= 0.3 is 0 Å². The lowest BCUT2D eigenvalue weighted by Crippen LogP contribution is -1.91. The number of aromatic hydroxyl groups is 1. The molecule has 1 rings (SSSR count). The van der Waals surface area contributed by atoms with Gasteiger partial charge in [0, 0.05) is 5.56 Å². The van der Waals surface area contributed by atoms with Gasteiger partial charge in [-0.15, -0.1) is 6.42 Å². The highest BCUT2D eigenvalue weighted by Gasteiger charge is 2.10. The molecule has 3 heteroatoms. The van der Waals surface area contributed by atoms with E-state index < -0.39 is 0 Å². The maximum absolute atomic E-state index is 9.43. The first-order chi connectivity index (χ1) is 6.22. The maximum Gasteiger partial charge on any atom is 0.203 e. The Morgan fingerprint density at radius 3 is 2.46 bits per heavy atom. The fourth-order valence-electron chi connectivity index (χ4n) is 1.03. The van der Waals surface area contributed by atoms with Gasteiger partial charge in [0.1, 0.15) is 0 Å². The molecule has 0 saturated heterocycles. The Morgan fingerprint density at radius 1 is 1.31 bits per heavy atom. The molecule has 0 spiro atoms. The molecule has 0 aliphatic rings. The van der Waals surface area contributed by atoms with Crippen LogP contribution in [0.25, 0.3) is 0 Å². The minimum atomic E-state index is -0.0187. The van der Waals surface area contributed by atoms with Crippen molar-refractivity contribution >= 4 is 0 Å². The Morgan fingerprint density at radius 2 is 2.00 bits per heavy atom. The molecular weight excluding hydrogens is 168 g/mol. The van der Waals surface area contributed by atoms with E-state index in [2.05, 4.69) is 5.92 Å². The minimum absolute atomic E-state index is 0.0187. The van der Waals surface area contributed by atoms with Crippen molar-refractivity contribution in [2.75, 3.05) is 14.2 Å². The third kappa shape index (κ3) is 1.67. The SMILES string of the molecule is C#Cc1cc(O)c(OC)c(OC)c1. The topological polar surface area (TPSA) is 38.7 Å². The molecular formula is C10H10O3. The van der Waals surface area contributed by atoms with Crippen molar-refractivity contribution in [1.29, 1.82) is 0 Å². The van der Waals surface area contributed by atoms with Crippen LogP contribution in [0.2, 0.25) is 0 Å². The second kappa shape index (κ2) is 3.72. The second-order valence-corrected chi connectivity index (χ2v) is 2.38. The van der Waals surface area contributed by atoms with Crippen molar-refractivity contribution in [1.82, 2.24) is 0 Å². The van der Waals surface area contributed by atoms with E-state index >= 15 is 0 Å². The first-order valence-electron chi connectivity index (χ1n) is 3.64. The standard InChI is InChI=1S/C10H10O3/c1-4-7-5-8(11)10(13-3)9(6-7)12-2/h1,5-6,11H,2-3H3. The summed E-state index contributed by atoms with van der Waals surface area (Å²) >= 11 is 0. The quantitative estimate of drug-likeness (QED) is 0.695. The number of benzene rings is 1. The number of ether oxygens (including phenoxy) is 2. The molecule has 0 amide bonds. The fraction of sp³-hybridized carbons (Fsp3) is 0.200. The molecule has 0 aromatic heterocycles. The summed E-state index contributed by atoms with van der Waals surface area (Å²) in [5, 5.41) is 9.43. The summed E-state index contributed by atoms with van der Waals surface area (Å²) in [6.07, 6.45) is 5.18. The van der Waals surface area contributed by atoms with Crippen molar-refractivity contribution < 1.29 is 14.6 Å². The summed E-state index contributed by atoms with van der Waals surface area (Å²) in [7, 11) is 2.94. The molecule has 0 bridgehead atoms. The lowest BCUT2D eigenvalue weighted by atomic mass is 10.2. The van der Waals surface area contributed by atoms with Gasteiger partial charge in [-0.1, -0.05) is 5.92 Å². The minimum Gasteiger partial charge on any atom is -0.504 e. The van der Waals surface area contributed by atoms with Gasteiger partial charge in [0.05, 0.1) is 14.2 Å². The van der Waals surface area contributed by atoms with E-state index in [1.165, 1.54) is 20.3 Å². The lowest BCUT2D eigenvalue weighted by Gasteiger charge is -2.09. The first kappa shape index (κ1) is 9.27. The molecule has 0 unspecified atom stereocenters. The monoisotopic (exact) mass is 178 g/mol. The van der Waals surface area contributed by atoms with Crippen LogP contribution in [-0.2, 0) is 0 Å². The summed E-state index contributed by atoms with van der Waals surface area (Å²) in [5.74, 6) is 3.10. The van der Waals surface area contributed by atoms with Crippen molar-refractivity contribution in [3.05, 3.63) is 17.7 Å². The average Bonchev–Trinajstić information content (AvgIpc) is 2.16. The highest BCUT2D eigenvalue weighted by molar-refractivity contribution is 5.56. The van der Waals surface area contributed by atoms with Crippen LogP contribution in [0.1, 0.15) is 5.56 Å². The normalized spacial score (nSPS) is 9.00. The van der Waals surface area contributed by atoms with E-state index in [1.54, 1.807) is 6.07 Å². The molecule has 0 radical (unpaired) electrons. The number of terminal acetylenes is 1. The molecule has 0 heterocycles. The van der Waals surface area contributed by atoms with Gasteiger partial charge in [0.15, 0.2) is 11.5 Å². The Bertz CT molecular complexity index is 350. The predicted octanol–water partition coefficient (Wildman–Crippen LogP) is 1.39. The zero-order chi connectivity index (χ0) is 9.84. The summed E-state index contributed by atoms with van der Waals surface area (Å²) < 4.78 is 9.90. The molecule has 0 aliphatic heterocycles.